The van der Waals surface area contributed by atoms with Crippen molar-refractivity contribution in [2.75, 3.05) is 0 Å². The second-order valence-electron chi connectivity index (χ2n) is 11.6. The van der Waals surface area contributed by atoms with E-state index in [0.29, 0.717) is 48.2 Å². The number of ether oxygens (including phenoxy) is 3. The third-order valence-electron chi connectivity index (χ3n) is 7.68. The molecule has 0 atom stereocenters. The van der Waals surface area contributed by atoms with Gasteiger partial charge in [0.05, 0.1) is 10.8 Å². The van der Waals surface area contributed by atoms with Crippen LogP contribution in [0.15, 0.2) is 109 Å². The molecule has 0 spiro atoms. The van der Waals surface area contributed by atoms with E-state index in [-0.39, 0.29) is 11.6 Å². The molecular weight excluding hydrogens is 524 g/mol. The number of hydrogen-bond acceptors (Lipinski definition) is 5. The number of rotatable bonds is 10. The molecule has 0 unspecified atom stereocenters. The molecule has 0 aliphatic heterocycles. The number of allylic oxidation sites excluding steroid dienone is 1. The Morgan fingerprint density at radius 3 is 1.36 bits per heavy atom. The minimum absolute atomic E-state index is 0.0878. The number of benzene rings is 4. The summed E-state index contributed by atoms with van der Waals surface area (Å²) in [6.07, 6.45) is 1.79. The molecule has 0 heterocycles. The van der Waals surface area contributed by atoms with E-state index in [0.717, 1.165) is 16.7 Å². The minimum atomic E-state index is -1.08. The number of hydrogen-bond donors (Lipinski definition) is 0. The monoisotopic (exact) mass is 560 g/mol. The van der Waals surface area contributed by atoms with Crippen molar-refractivity contribution in [2.45, 2.75) is 47.5 Å². The fraction of sp³-hybridized carbons (Fsp3) is 0.243. The smallest absolute Gasteiger partial charge is 0.203 e. The van der Waals surface area contributed by atoms with Crippen molar-refractivity contribution in [3.63, 3.8) is 0 Å². The summed E-state index contributed by atoms with van der Waals surface area (Å²) >= 11 is 0. The van der Waals surface area contributed by atoms with Gasteiger partial charge in [-0.3, -0.25) is 9.59 Å². The van der Waals surface area contributed by atoms with Gasteiger partial charge in [-0.25, -0.2) is 0 Å². The van der Waals surface area contributed by atoms with Crippen molar-refractivity contribution >= 4 is 17.6 Å². The molecule has 1 saturated carbocycles. The van der Waals surface area contributed by atoms with Crippen molar-refractivity contribution in [2.24, 2.45) is 10.8 Å². The zero-order chi connectivity index (χ0) is 29.7. The average Bonchev–Trinajstić information content (AvgIpc) is 3.12. The Balaban J connectivity index is 1.58. The van der Waals surface area contributed by atoms with Gasteiger partial charge in [-0.05, 0) is 68.2 Å². The molecular formula is C37H36O5. The number of ketones is 2. The van der Waals surface area contributed by atoms with Crippen molar-refractivity contribution in [3.05, 3.63) is 131 Å². The molecule has 1 aliphatic carbocycles. The Kier molecular flexibility index (Phi) is 8.30. The van der Waals surface area contributed by atoms with Crippen LogP contribution in [-0.2, 0) is 29.4 Å². The molecule has 0 bridgehead atoms. The van der Waals surface area contributed by atoms with Gasteiger partial charge in [-0.1, -0.05) is 91.0 Å². The van der Waals surface area contributed by atoms with Gasteiger partial charge in [0.2, 0.25) is 5.75 Å². The quantitative estimate of drug-likeness (QED) is 0.145. The first-order chi connectivity index (χ1) is 20.2. The average molecular weight is 561 g/mol. The molecule has 0 radical (unpaired) electrons. The van der Waals surface area contributed by atoms with E-state index in [2.05, 4.69) is 0 Å². The first-order valence-electron chi connectivity index (χ1n) is 14.2. The maximum Gasteiger partial charge on any atom is 0.203 e. The minimum Gasteiger partial charge on any atom is -0.485 e. The Labute approximate surface area is 247 Å². The lowest BCUT2D eigenvalue weighted by atomic mass is 9.81. The summed E-state index contributed by atoms with van der Waals surface area (Å²) in [6.45, 7) is 7.97. The highest BCUT2D eigenvalue weighted by atomic mass is 16.5. The lowest BCUT2D eigenvalue weighted by Gasteiger charge is -2.20. The molecule has 0 saturated heterocycles. The zero-order valence-electron chi connectivity index (χ0n) is 24.6. The van der Waals surface area contributed by atoms with Crippen LogP contribution < -0.4 is 14.2 Å². The van der Waals surface area contributed by atoms with Crippen molar-refractivity contribution in [1.82, 2.24) is 0 Å². The van der Waals surface area contributed by atoms with Gasteiger partial charge in [0.1, 0.15) is 19.8 Å². The maximum atomic E-state index is 13.4. The molecule has 5 nitrogen and oxygen atoms in total. The standard InChI is InChI=1S/C37H36O5/c1-36(2)30(34(38)37(3,4)35(36)39)20-29-21-31(40-23-26-14-8-5-9-15-26)33(42-25-28-18-12-7-13-19-28)32(22-29)41-24-27-16-10-6-11-17-27/h5-22H,23-25H2,1-4H3. The first kappa shape index (κ1) is 28.9. The van der Waals surface area contributed by atoms with Crippen LogP contribution in [0.25, 0.3) is 6.08 Å². The summed E-state index contributed by atoms with van der Waals surface area (Å²) in [6, 6.07) is 33.4. The summed E-state index contributed by atoms with van der Waals surface area (Å²) in [5.41, 5.74) is 2.18. The Morgan fingerprint density at radius 1 is 0.571 bits per heavy atom. The molecule has 5 rings (SSSR count). The van der Waals surface area contributed by atoms with Crippen LogP contribution in [0.3, 0.4) is 0 Å². The van der Waals surface area contributed by atoms with Crippen molar-refractivity contribution < 1.29 is 23.8 Å². The summed E-state index contributed by atoms with van der Waals surface area (Å²) < 4.78 is 19.1. The van der Waals surface area contributed by atoms with Crippen LogP contribution in [0.5, 0.6) is 17.2 Å². The fourth-order valence-electron chi connectivity index (χ4n) is 5.28. The number of Topliss-reactive ketones (excluding diaryl/α,β-unsaturated/α-hetero) is 2. The second kappa shape index (κ2) is 12.1. The highest BCUT2D eigenvalue weighted by Crippen LogP contribution is 2.48. The van der Waals surface area contributed by atoms with Gasteiger partial charge in [0.15, 0.2) is 23.1 Å². The topological polar surface area (TPSA) is 61.8 Å². The number of carbonyl (C=O) groups is 2. The van der Waals surface area contributed by atoms with E-state index >= 15 is 0 Å². The molecule has 4 aromatic rings. The maximum absolute atomic E-state index is 13.4. The Hall–Kier alpha value is -4.64. The second-order valence-corrected chi connectivity index (χ2v) is 11.6. The summed E-state index contributed by atoms with van der Waals surface area (Å²) in [4.78, 5) is 26.6. The van der Waals surface area contributed by atoms with Crippen LogP contribution >= 0.6 is 0 Å². The van der Waals surface area contributed by atoms with E-state index in [9.17, 15) is 9.59 Å². The van der Waals surface area contributed by atoms with Gasteiger partial charge >= 0.3 is 0 Å². The van der Waals surface area contributed by atoms with Gasteiger partial charge in [0.25, 0.3) is 0 Å². The molecule has 214 valence electrons. The lowest BCUT2D eigenvalue weighted by Crippen LogP contribution is -2.29. The molecule has 4 aromatic carbocycles. The summed E-state index contributed by atoms with van der Waals surface area (Å²) in [7, 11) is 0. The molecule has 0 N–H and O–H groups in total. The van der Waals surface area contributed by atoms with Crippen LogP contribution in [0.2, 0.25) is 0 Å². The zero-order valence-corrected chi connectivity index (χ0v) is 24.6. The van der Waals surface area contributed by atoms with Gasteiger partial charge in [0, 0.05) is 5.57 Å². The normalized spacial score (nSPS) is 16.4. The van der Waals surface area contributed by atoms with Crippen LogP contribution in [0.4, 0.5) is 0 Å². The SMILES string of the molecule is CC1(C)C(=O)C(=Cc2cc(OCc3ccccc3)c(OCc3ccccc3)c(OCc3ccccc3)c2)C(C)(C)C1=O. The summed E-state index contributed by atoms with van der Waals surface area (Å²) in [5.74, 6) is 1.19. The van der Waals surface area contributed by atoms with Crippen LogP contribution in [0, 0.1) is 10.8 Å². The Morgan fingerprint density at radius 2 is 0.976 bits per heavy atom. The van der Waals surface area contributed by atoms with Crippen LogP contribution in [-0.4, -0.2) is 11.6 Å². The molecule has 1 aliphatic rings. The van der Waals surface area contributed by atoms with E-state index in [1.54, 1.807) is 19.9 Å². The highest BCUT2D eigenvalue weighted by molar-refractivity contribution is 6.26. The van der Waals surface area contributed by atoms with Crippen molar-refractivity contribution in [1.29, 1.82) is 0 Å². The third kappa shape index (κ3) is 6.15. The van der Waals surface area contributed by atoms with Gasteiger partial charge < -0.3 is 14.2 Å². The van der Waals surface area contributed by atoms with Crippen molar-refractivity contribution in [3.8, 4) is 17.2 Å². The largest absolute Gasteiger partial charge is 0.485 e. The predicted octanol–water partition coefficient (Wildman–Crippen LogP) is 8.01. The van der Waals surface area contributed by atoms with E-state index in [4.69, 9.17) is 14.2 Å². The lowest BCUT2D eigenvalue weighted by molar-refractivity contribution is -0.135. The summed E-state index contributed by atoms with van der Waals surface area (Å²) in [5, 5.41) is 0. The molecule has 0 aromatic heterocycles. The predicted molar refractivity (Wildman–Crippen MR) is 164 cm³/mol. The number of carbonyl (C=O) groups excluding carboxylic acids is 2. The molecule has 42 heavy (non-hydrogen) atoms. The first-order valence-corrected chi connectivity index (χ1v) is 14.2. The van der Waals surface area contributed by atoms with Gasteiger partial charge in [-0.15, -0.1) is 0 Å². The van der Waals surface area contributed by atoms with E-state index in [1.807, 2.05) is 117 Å². The molecule has 1 fully saturated rings. The molecule has 0 amide bonds. The van der Waals surface area contributed by atoms with Crippen LogP contribution in [0.1, 0.15) is 49.9 Å². The van der Waals surface area contributed by atoms with Gasteiger partial charge in [-0.2, -0.15) is 0 Å². The van der Waals surface area contributed by atoms with E-state index < -0.39 is 10.8 Å². The van der Waals surface area contributed by atoms with E-state index in [1.165, 1.54) is 0 Å². The Bertz CT molecular complexity index is 1520. The fourth-order valence-corrected chi connectivity index (χ4v) is 5.28. The molecule has 5 heteroatoms. The third-order valence-corrected chi connectivity index (χ3v) is 7.68. The highest BCUT2D eigenvalue weighted by Gasteiger charge is 2.55.